The van der Waals surface area contributed by atoms with Gasteiger partial charge >= 0.3 is 0 Å². The average molecular weight is 498 g/mol. The molecule has 3 nitrogen and oxygen atoms in total. The summed E-state index contributed by atoms with van der Waals surface area (Å²) in [5.41, 5.74) is 3.88. The van der Waals surface area contributed by atoms with E-state index in [1.54, 1.807) is 29.0 Å². The van der Waals surface area contributed by atoms with Crippen LogP contribution in [0.25, 0.3) is 23.0 Å². The van der Waals surface area contributed by atoms with Crippen molar-refractivity contribution in [2.75, 3.05) is 0 Å². The van der Waals surface area contributed by atoms with Crippen LogP contribution < -0.4 is 0 Å². The van der Waals surface area contributed by atoms with Crippen LogP contribution in [0.3, 0.4) is 0 Å². The molecule has 1 heterocycles. The number of para-hydroxylation sites is 1. The molecule has 0 aliphatic rings. The van der Waals surface area contributed by atoms with Crippen molar-refractivity contribution < 1.29 is 4.79 Å². The minimum atomic E-state index is -0.203. The molecule has 0 spiro atoms. The van der Waals surface area contributed by atoms with Gasteiger partial charge in [-0.2, -0.15) is 5.10 Å². The van der Waals surface area contributed by atoms with Crippen molar-refractivity contribution >= 4 is 51.0 Å². The standard InChI is InChI=1S/C24H15BrCl2N2O/c25-18-9-6-16(7-10-18)24-17(15-29(28-24)20-4-2-1-3-5-20)8-13-23(30)21-12-11-19(26)14-22(21)27/h1-15H/b13-8+. The van der Waals surface area contributed by atoms with Gasteiger partial charge in [-0.05, 0) is 54.6 Å². The third-order valence-corrected chi connectivity index (χ3v) is 5.57. The molecular formula is C24H15BrCl2N2O. The third-order valence-electron chi connectivity index (χ3n) is 4.49. The second-order valence-electron chi connectivity index (χ2n) is 6.54. The number of ketones is 1. The van der Waals surface area contributed by atoms with Crippen LogP contribution in [0, 0.1) is 0 Å². The number of hydrogen-bond donors (Lipinski definition) is 0. The van der Waals surface area contributed by atoms with Crippen LogP contribution in [0.2, 0.25) is 10.0 Å². The van der Waals surface area contributed by atoms with E-state index in [-0.39, 0.29) is 5.78 Å². The molecule has 1 aromatic heterocycles. The molecule has 6 heteroatoms. The second kappa shape index (κ2) is 9.00. The Labute approximate surface area is 192 Å². The quantitative estimate of drug-likeness (QED) is 0.211. The van der Waals surface area contributed by atoms with Gasteiger partial charge < -0.3 is 0 Å². The SMILES string of the molecule is O=C(/C=C/c1cn(-c2ccccc2)nc1-c1ccc(Br)cc1)c1ccc(Cl)cc1Cl. The van der Waals surface area contributed by atoms with Crippen LogP contribution in [0.15, 0.2) is 89.5 Å². The van der Waals surface area contributed by atoms with E-state index in [1.165, 1.54) is 6.08 Å². The van der Waals surface area contributed by atoms with Crippen molar-refractivity contribution in [3.8, 4) is 16.9 Å². The summed E-state index contributed by atoms with van der Waals surface area (Å²) in [5.74, 6) is -0.203. The van der Waals surface area contributed by atoms with Crippen LogP contribution in [-0.2, 0) is 0 Å². The fourth-order valence-electron chi connectivity index (χ4n) is 3.00. The van der Waals surface area contributed by atoms with Gasteiger partial charge in [-0.1, -0.05) is 69.5 Å². The maximum atomic E-state index is 12.7. The highest BCUT2D eigenvalue weighted by Gasteiger charge is 2.12. The number of rotatable bonds is 5. The van der Waals surface area contributed by atoms with Gasteiger partial charge in [0.25, 0.3) is 0 Å². The van der Waals surface area contributed by atoms with Gasteiger partial charge in [-0.15, -0.1) is 0 Å². The molecule has 3 aromatic carbocycles. The predicted octanol–water partition coefficient (Wildman–Crippen LogP) is 7.50. The van der Waals surface area contributed by atoms with Crippen molar-refractivity contribution in [1.29, 1.82) is 0 Å². The van der Waals surface area contributed by atoms with Crippen LogP contribution in [0.1, 0.15) is 15.9 Å². The molecule has 0 saturated carbocycles. The number of carbonyl (C=O) groups is 1. The topological polar surface area (TPSA) is 34.9 Å². The number of benzene rings is 3. The molecule has 4 rings (SSSR count). The van der Waals surface area contributed by atoms with E-state index < -0.39 is 0 Å². The van der Waals surface area contributed by atoms with Gasteiger partial charge in [0, 0.05) is 32.4 Å². The highest BCUT2D eigenvalue weighted by atomic mass is 79.9. The molecule has 0 radical (unpaired) electrons. The Balaban J connectivity index is 1.73. The second-order valence-corrected chi connectivity index (χ2v) is 8.30. The summed E-state index contributed by atoms with van der Waals surface area (Å²) < 4.78 is 2.79. The maximum absolute atomic E-state index is 12.7. The molecule has 0 bridgehead atoms. The first-order chi connectivity index (χ1) is 14.5. The van der Waals surface area contributed by atoms with Crippen molar-refractivity contribution in [3.05, 3.63) is 111 Å². The molecule has 0 unspecified atom stereocenters. The molecule has 0 amide bonds. The van der Waals surface area contributed by atoms with Gasteiger partial charge in [0.15, 0.2) is 5.78 Å². The summed E-state index contributed by atoms with van der Waals surface area (Å²) in [6.07, 6.45) is 5.17. The van der Waals surface area contributed by atoms with Crippen LogP contribution in [0.5, 0.6) is 0 Å². The molecule has 0 saturated heterocycles. The highest BCUT2D eigenvalue weighted by Crippen LogP contribution is 2.27. The molecule has 0 aliphatic heterocycles. The number of hydrogen-bond acceptors (Lipinski definition) is 2. The fraction of sp³-hybridized carbons (Fsp3) is 0. The summed E-state index contributed by atoms with van der Waals surface area (Å²) in [5, 5.41) is 5.57. The number of halogens is 3. The lowest BCUT2D eigenvalue weighted by atomic mass is 10.1. The fourth-order valence-corrected chi connectivity index (χ4v) is 3.76. The Morgan fingerprint density at radius 2 is 1.70 bits per heavy atom. The van der Waals surface area contributed by atoms with Gasteiger partial charge in [0.2, 0.25) is 0 Å². The molecule has 4 aromatic rings. The third kappa shape index (κ3) is 4.57. The predicted molar refractivity (Wildman–Crippen MR) is 127 cm³/mol. The largest absolute Gasteiger partial charge is 0.289 e. The Hall–Kier alpha value is -2.66. The zero-order valence-electron chi connectivity index (χ0n) is 15.6. The summed E-state index contributed by atoms with van der Waals surface area (Å²) in [6.45, 7) is 0. The van der Waals surface area contributed by atoms with Gasteiger partial charge in [-0.25, -0.2) is 4.68 Å². The first kappa shape index (κ1) is 20.6. The Kier molecular flexibility index (Phi) is 6.18. The Morgan fingerprint density at radius 1 is 0.967 bits per heavy atom. The number of aromatic nitrogens is 2. The van der Waals surface area contributed by atoms with E-state index in [1.807, 2.05) is 60.8 Å². The lowest BCUT2D eigenvalue weighted by Gasteiger charge is -2.01. The van der Waals surface area contributed by atoms with E-state index in [0.717, 1.165) is 27.0 Å². The van der Waals surface area contributed by atoms with Crippen molar-refractivity contribution in [3.63, 3.8) is 0 Å². The van der Waals surface area contributed by atoms with Gasteiger partial charge in [0.05, 0.1) is 16.4 Å². The number of carbonyl (C=O) groups excluding carboxylic acids is 1. The normalized spacial score (nSPS) is 11.2. The van der Waals surface area contributed by atoms with E-state index in [9.17, 15) is 4.79 Å². The lowest BCUT2D eigenvalue weighted by molar-refractivity contribution is 0.104. The molecule has 30 heavy (non-hydrogen) atoms. The molecule has 0 atom stereocenters. The monoisotopic (exact) mass is 496 g/mol. The lowest BCUT2D eigenvalue weighted by Crippen LogP contribution is -1.95. The maximum Gasteiger partial charge on any atom is 0.187 e. The summed E-state index contributed by atoms with van der Waals surface area (Å²) in [6, 6.07) is 22.5. The summed E-state index contributed by atoms with van der Waals surface area (Å²) in [4.78, 5) is 12.7. The minimum absolute atomic E-state index is 0.203. The van der Waals surface area contributed by atoms with Crippen LogP contribution >= 0.6 is 39.1 Å². The first-order valence-electron chi connectivity index (χ1n) is 9.10. The molecule has 148 valence electrons. The van der Waals surface area contributed by atoms with Gasteiger partial charge in [0.1, 0.15) is 0 Å². The molecule has 0 N–H and O–H groups in total. The first-order valence-corrected chi connectivity index (χ1v) is 10.6. The van der Waals surface area contributed by atoms with E-state index in [4.69, 9.17) is 28.3 Å². The van der Waals surface area contributed by atoms with E-state index in [0.29, 0.717) is 15.6 Å². The van der Waals surface area contributed by atoms with Crippen molar-refractivity contribution in [1.82, 2.24) is 9.78 Å². The number of nitrogens with zero attached hydrogens (tertiary/aromatic N) is 2. The minimum Gasteiger partial charge on any atom is -0.289 e. The van der Waals surface area contributed by atoms with Crippen molar-refractivity contribution in [2.45, 2.75) is 0 Å². The average Bonchev–Trinajstić information content (AvgIpc) is 3.17. The Bertz CT molecular complexity index is 1230. The van der Waals surface area contributed by atoms with Crippen LogP contribution in [0.4, 0.5) is 0 Å². The molecular weight excluding hydrogens is 483 g/mol. The van der Waals surface area contributed by atoms with Crippen LogP contribution in [-0.4, -0.2) is 15.6 Å². The zero-order valence-corrected chi connectivity index (χ0v) is 18.7. The Morgan fingerprint density at radius 3 is 2.40 bits per heavy atom. The van der Waals surface area contributed by atoms with Crippen molar-refractivity contribution in [2.24, 2.45) is 0 Å². The highest BCUT2D eigenvalue weighted by molar-refractivity contribution is 9.10. The smallest absolute Gasteiger partial charge is 0.187 e. The zero-order chi connectivity index (χ0) is 21.1. The number of allylic oxidation sites excluding steroid dienone is 1. The van der Waals surface area contributed by atoms with E-state index >= 15 is 0 Å². The van der Waals surface area contributed by atoms with E-state index in [2.05, 4.69) is 15.9 Å². The molecule has 0 fully saturated rings. The summed E-state index contributed by atoms with van der Waals surface area (Å²) in [7, 11) is 0. The molecule has 0 aliphatic carbocycles. The summed E-state index contributed by atoms with van der Waals surface area (Å²) >= 11 is 15.6. The van der Waals surface area contributed by atoms with Gasteiger partial charge in [-0.3, -0.25) is 4.79 Å².